The van der Waals surface area contributed by atoms with Gasteiger partial charge >= 0.3 is 0 Å². The average Bonchev–Trinajstić information content (AvgIpc) is 3.00. The number of aliphatic hydroxyl groups is 1. The highest BCUT2D eigenvalue weighted by Crippen LogP contribution is 2.79. The molecule has 1 aliphatic heterocycles. The van der Waals surface area contributed by atoms with Crippen LogP contribution in [0, 0.1) is 50.7 Å². The lowest BCUT2D eigenvalue weighted by Crippen LogP contribution is -2.73. The first kappa shape index (κ1) is 22.1. The molecule has 3 heteroatoms. The fourth-order valence-corrected chi connectivity index (χ4v) is 11.6. The molecule has 1 saturated heterocycles. The first-order valence-electron chi connectivity index (χ1n) is 13.7. The third kappa shape index (κ3) is 2.17. The number of aliphatic hydroxyl groups excluding tert-OH is 1. The molecule has 0 aromatic rings. The molecule has 3 nitrogen and oxygen atoms in total. The lowest BCUT2D eigenvalue weighted by atomic mass is 9.31. The molecule has 6 aliphatic rings. The molecule has 6 rings (SSSR count). The van der Waals surface area contributed by atoms with Crippen molar-refractivity contribution in [3.8, 4) is 0 Å². The van der Waals surface area contributed by atoms with Gasteiger partial charge in [-0.25, -0.2) is 0 Å². The Morgan fingerprint density at radius 3 is 2.34 bits per heavy atom. The fourth-order valence-electron chi connectivity index (χ4n) is 11.6. The van der Waals surface area contributed by atoms with E-state index in [0.717, 1.165) is 32.1 Å². The number of ketones is 1. The number of carbonyl (C=O) groups is 1. The molecule has 0 aromatic carbocycles. The zero-order valence-electron chi connectivity index (χ0n) is 21.4. The zero-order chi connectivity index (χ0) is 22.9. The highest BCUT2D eigenvalue weighted by Gasteiger charge is 2.79. The molecule has 1 heterocycles. The predicted molar refractivity (Wildman–Crippen MR) is 126 cm³/mol. The number of hydrogen-bond acceptors (Lipinski definition) is 3. The summed E-state index contributed by atoms with van der Waals surface area (Å²) in [5.74, 6) is 2.85. The van der Waals surface area contributed by atoms with Crippen LogP contribution in [-0.2, 0) is 9.53 Å². The van der Waals surface area contributed by atoms with E-state index in [1.54, 1.807) is 0 Å². The molecule has 5 saturated carbocycles. The van der Waals surface area contributed by atoms with Gasteiger partial charge in [-0.15, -0.1) is 0 Å². The van der Waals surface area contributed by atoms with Crippen molar-refractivity contribution in [3.63, 3.8) is 0 Å². The van der Waals surface area contributed by atoms with E-state index < -0.39 is 0 Å². The summed E-state index contributed by atoms with van der Waals surface area (Å²) < 4.78 is 7.01. The second-order valence-electron chi connectivity index (χ2n) is 14.7. The fraction of sp³-hybridized carbons (Fsp3) is 0.966. The van der Waals surface area contributed by atoms with E-state index >= 15 is 0 Å². The van der Waals surface area contributed by atoms with Crippen molar-refractivity contribution in [1.29, 1.82) is 0 Å². The van der Waals surface area contributed by atoms with E-state index in [9.17, 15) is 9.90 Å². The summed E-state index contributed by atoms with van der Waals surface area (Å²) in [7, 11) is 0. The summed E-state index contributed by atoms with van der Waals surface area (Å²) in [6.45, 7) is 15.3. The summed E-state index contributed by atoms with van der Waals surface area (Å²) in [5.41, 5.74) is -0.000409. The average molecular weight is 443 g/mol. The Morgan fingerprint density at radius 2 is 1.59 bits per heavy atom. The maximum absolute atomic E-state index is 14.0. The maximum Gasteiger partial charge on any atom is 0.142 e. The standard InChI is InChI=1S/C29H46O3/c1-18-7-13-28-17-32-29(21(28)15-18)14-9-20-25(4)11-10-22(30)24(2,3)19(25)8-12-26(20,5)27(29,6)16-23(28)31/h18-22,30H,7-17H2,1-6H3. The van der Waals surface area contributed by atoms with E-state index in [0.29, 0.717) is 36.1 Å². The number of carbonyl (C=O) groups excluding carboxylic acids is 1. The van der Waals surface area contributed by atoms with Crippen LogP contribution in [0.25, 0.3) is 0 Å². The smallest absolute Gasteiger partial charge is 0.142 e. The molecule has 0 amide bonds. The van der Waals surface area contributed by atoms with Crippen molar-refractivity contribution >= 4 is 5.78 Å². The van der Waals surface area contributed by atoms with Crippen molar-refractivity contribution in [3.05, 3.63) is 0 Å². The monoisotopic (exact) mass is 442 g/mol. The van der Waals surface area contributed by atoms with Crippen LogP contribution in [0.5, 0.6) is 0 Å². The number of hydrogen-bond donors (Lipinski definition) is 1. The van der Waals surface area contributed by atoms with Gasteiger partial charge in [-0.1, -0.05) is 41.5 Å². The van der Waals surface area contributed by atoms with Gasteiger partial charge in [0.25, 0.3) is 0 Å². The van der Waals surface area contributed by atoms with E-state index in [2.05, 4.69) is 41.5 Å². The largest absolute Gasteiger partial charge is 0.393 e. The van der Waals surface area contributed by atoms with Crippen LogP contribution in [0.2, 0.25) is 0 Å². The summed E-state index contributed by atoms with van der Waals surface area (Å²) in [5, 5.41) is 10.9. The normalized spacial score (nSPS) is 60.7. The Labute approximate surface area is 195 Å². The molecule has 0 aromatic heterocycles. The molecule has 10 atom stereocenters. The van der Waals surface area contributed by atoms with Crippen LogP contribution in [-0.4, -0.2) is 29.2 Å². The molecule has 1 N–H and O–H groups in total. The Morgan fingerprint density at radius 1 is 0.875 bits per heavy atom. The summed E-state index contributed by atoms with van der Waals surface area (Å²) >= 11 is 0. The molecule has 0 radical (unpaired) electrons. The van der Waals surface area contributed by atoms with Crippen molar-refractivity contribution in [1.82, 2.24) is 0 Å². The maximum atomic E-state index is 14.0. The second-order valence-corrected chi connectivity index (χ2v) is 14.7. The molecule has 10 unspecified atom stereocenters. The van der Waals surface area contributed by atoms with Crippen molar-refractivity contribution in [2.24, 2.45) is 50.7 Å². The number of Topliss-reactive ketones (excluding diaryl/α,β-unsaturated/α-hetero) is 1. The van der Waals surface area contributed by atoms with Crippen LogP contribution in [0.1, 0.15) is 106 Å². The minimum atomic E-state index is -0.186. The van der Waals surface area contributed by atoms with Crippen molar-refractivity contribution in [2.45, 2.75) is 117 Å². The Hall–Kier alpha value is -0.410. The topological polar surface area (TPSA) is 46.5 Å². The molecule has 6 fully saturated rings. The number of fused-ring (bicyclic) bond motifs is 4. The van der Waals surface area contributed by atoms with E-state index in [1.165, 1.54) is 32.1 Å². The number of ether oxygens (including phenoxy) is 1. The van der Waals surface area contributed by atoms with Crippen LogP contribution < -0.4 is 0 Å². The zero-order valence-corrected chi connectivity index (χ0v) is 21.4. The van der Waals surface area contributed by atoms with E-state index in [1.807, 2.05) is 0 Å². The summed E-state index contributed by atoms with van der Waals surface area (Å²) in [6, 6.07) is 0. The molecule has 5 aliphatic carbocycles. The SMILES string of the molecule is CC1CCC23COC4(CCC5C6(C)CCC(O)C(C)(C)C6CCC5(C)C4(C)CC2=O)C3C1. The lowest BCUT2D eigenvalue weighted by molar-refractivity contribution is -0.281. The van der Waals surface area contributed by atoms with Gasteiger partial charge in [0.15, 0.2) is 0 Å². The van der Waals surface area contributed by atoms with Crippen molar-refractivity contribution in [2.75, 3.05) is 6.61 Å². The molecule has 32 heavy (non-hydrogen) atoms. The van der Waals surface area contributed by atoms with Crippen LogP contribution in [0.3, 0.4) is 0 Å². The molecule has 2 bridgehead atoms. The molecular formula is C29H46O3. The predicted octanol–water partition coefficient (Wildman–Crippen LogP) is 6.17. The summed E-state index contributed by atoms with van der Waals surface area (Å²) in [4.78, 5) is 14.0. The first-order valence-corrected chi connectivity index (χ1v) is 13.7. The third-order valence-electron chi connectivity index (χ3n) is 13.6. The summed E-state index contributed by atoms with van der Waals surface area (Å²) in [6.07, 6.45) is 10.8. The van der Waals surface area contributed by atoms with Crippen molar-refractivity contribution < 1.29 is 14.6 Å². The van der Waals surface area contributed by atoms with Crippen LogP contribution >= 0.6 is 0 Å². The van der Waals surface area contributed by atoms with Crippen LogP contribution in [0.15, 0.2) is 0 Å². The lowest BCUT2D eigenvalue weighted by Gasteiger charge is -2.74. The van der Waals surface area contributed by atoms with Gasteiger partial charge in [0.1, 0.15) is 5.78 Å². The van der Waals surface area contributed by atoms with E-state index in [4.69, 9.17) is 4.74 Å². The third-order valence-corrected chi connectivity index (χ3v) is 13.6. The Balaban J connectivity index is 1.46. The minimum Gasteiger partial charge on any atom is -0.393 e. The molecular weight excluding hydrogens is 396 g/mol. The molecule has 180 valence electrons. The highest BCUT2D eigenvalue weighted by atomic mass is 16.5. The van der Waals surface area contributed by atoms with Gasteiger partial charge in [0.2, 0.25) is 0 Å². The van der Waals surface area contributed by atoms with Gasteiger partial charge in [-0.2, -0.15) is 0 Å². The van der Waals surface area contributed by atoms with Gasteiger partial charge in [-0.3, -0.25) is 4.79 Å². The Bertz CT molecular complexity index is 849. The number of rotatable bonds is 0. The van der Waals surface area contributed by atoms with Gasteiger partial charge < -0.3 is 9.84 Å². The van der Waals surface area contributed by atoms with E-state index in [-0.39, 0.29) is 38.8 Å². The van der Waals surface area contributed by atoms with Crippen LogP contribution in [0.4, 0.5) is 0 Å². The second kappa shape index (κ2) is 6.23. The van der Waals surface area contributed by atoms with Gasteiger partial charge in [-0.05, 0) is 91.8 Å². The minimum absolute atomic E-state index is 0.0232. The molecule has 1 spiro atoms. The quantitative estimate of drug-likeness (QED) is 0.488. The highest BCUT2D eigenvalue weighted by molar-refractivity contribution is 5.88. The van der Waals surface area contributed by atoms with Gasteiger partial charge in [0, 0.05) is 17.8 Å². The van der Waals surface area contributed by atoms with Gasteiger partial charge in [0.05, 0.1) is 23.7 Å². The Kier molecular flexibility index (Phi) is 4.30. The first-order chi connectivity index (χ1) is 14.9.